The summed E-state index contributed by atoms with van der Waals surface area (Å²) in [6.45, 7) is 0.798. The van der Waals surface area contributed by atoms with Gasteiger partial charge < -0.3 is 10.6 Å². The second-order valence-electron chi connectivity index (χ2n) is 7.53. The summed E-state index contributed by atoms with van der Waals surface area (Å²) in [4.78, 5) is 23.7. The van der Waals surface area contributed by atoms with Crippen LogP contribution in [0.5, 0.6) is 0 Å². The Labute approximate surface area is 153 Å². The van der Waals surface area contributed by atoms with E-state index in [1.165, 1.54) is 25.7 Å². The summed E-state index contributed by atoms with van der Waals surface area (Å²) < 4.78 is 1.76. The second kappa shape index (κ2) is 7.05. The third-order valence-electron chi connectivity index (χ3n) is 5.68. The Morgan fingerprint density at radius 2 is 2.04 bits per heavy atom. The standard InChI is InChI=1S/C19H26N6O/c1-24-12-14(10-22-24)15-11-21-19(20)23-18(15)16-7-4-8-25(16)17(26)9-13-5-2-3-6-13/h10-13,16H,2-9H2,1H3,(H2,20,21,23). The Balaban J connectivity index is 1.63. The quantitative estimate of drug-likeness (QED) is 0.912. The maximum atomic E-state index is 13.0. The SMILES string of the molecule is Cn1cc(-c2cnc(N)nc2C2CCCN2C(=O)CC2CCCC2)cn1. The van der Waals surface area contributed by atoms with Crippen molar-refractivity contribution in [2.75, 3.05) is 12.3 Å². The van der Waals surface area contributed by atoms with Gasteiger partial charge in [-0.2, -0.15) is 5.10 Å². The van der Waals surface area contributed by atoms with Crippen LogP contribution in [0.25, 0.3) is 11.1 Å². The average molecular weight is 354 g/mol. The molecule has 1 aliphatic carbocycles. The van der Waals surface area contributed by atoms with Crippen molar-refractivity contribution in [3.8, 4) is 11.1 Å². The van der Waals surface area contributed by atoms with Crippen LogP contribution in [0.2, 0.25) is 0 Å². The molecule has 4 rings (SSSR count). The molecule has 1 amide bonds. The predicted octanol–water partition coefficient (Wildman–Crippen LogP) is 2.70. The number of anilines is 1. The highest BCUT2D eigenvalue weighted by atomic mass is 16.2. The minimum atomic E-state index is -0.0237. The number of aromatic nitrogens is 4. The van der Waals surface area contributed by atoms with Crippen LogP contribution in [0, 0.1) is 5.92 Å². The molecule has 138 valence electrons. The van der Waals surface area contributed by atoms with E-state index >= 15 is 0 Å². The normalized spacial score (nSPS) is 20.8. The third-order valence-corrected chi connectivity index (χ3v) is 5.68. The molecule has 1 saturated carbocycles. The molecule has 2 N–H and O–H groups in total. The molecule has 2 aliphatic rings. The van der Waals surface area contributed by atoms with Crippen LogP contribution in [0.3, 0.4) is 0 Å². The predicted molar refractivity (Wildman–Crippen MR) is 98.9 cm³/mol. The number of hydrogen-bond donors (Lipinski definition) is 1. The summed E-state index contributed by atoms with van der Waals surface area (Å²) in [6.07, 6.45) is 13.0. The molecule has 0 spiro atoms. The van der Waals surface area contributed by atoms with Crippen LogP contribution in [-0.4, -0.2) is 37.1 Å². The number of aryl methyl sites for hydroxylation is 1. The number of likely N-dealkylation sites (tertiary alicyclic amines) is 1. The molecular formula is C19H26N6O. The van der Waals surface area contributed by atoms with Crippen LogP contribution < -0.4 is 5.73 Å². The molecule has 2 fully saturated rings. The monoisotopic (exact) mass is 354 g/mol. The molecule has 1 aliphatic heterocycles. The lowest BCUT2D eigenvalue weighted by Gasteiger charge is -2.27. The van der Waals surface area contributed by atoms with E-state index in [9.17, 15) is 4.79 Å². The van der Waals surface area contributed by atoms with Gasteiger partial charge >= 0.3 is 0 Å². The minimum Gasteiger partial charge on any atom is -0.368 e. The summed E-state index contributed by atoms with van der Waals surface area (Å²) in [6, 6.07) is -0.0237. The Morgan fingerprint density at radius 3 is 2.77 bits per heavy atom. The number of nitrogen functional groups attached to an aromatic ring is 1. The number of nitrogens with zero attached hydrogens (tertiary/aromatic N) is 5. The van der Waals surface area contributed by atoms with Gasteiger partial charge in [-0.1, -0.05) is 12.8 Å². The Hall–Kier alpha value is -2.44. The van der Waals surface area contributed by atoms with Crippen molar-refractivity contribution in [1.29, 1.82) is 0 Å². The van der Waals surface area contributed by atoms with Gasteiger partial charge in [0.1, 0.15) is 0 Å². The lowest BCUT2D eigenvalue weighted by molar-refractivity contribution is -0.133. The lowest BCUT2D eigenvalue weighted by Crippen LogP contribution is -2.32. The first-order valence-electron chi connectivity index (χ1n) is 9.52. The van der Waals surface area contributed by atoms with Crippen LogP contribution in [0.15, 0.2) is 18.6 Å². The van der Waals surface area contributed by atoms with E-state index in [2.05, 4.69) is 15.1 Å². The molecule has 7 heteroatoms. The summed E-state index contributed by atoms with van der Waals surface area (Å²) in [7, 11) is 1.88. The van der Waals surface area contributed by atoms with Crippen molar-refractivity contribution in [2.45, 2.75) is 51.0 Å². The molecule has 7 nitrogen and oxygen atoms in total. The van der Waals surface area contributed by atoms with E-state index in [-0.39, 0.29) is 17.9 Å². The van der Waals surface area contributed by atoms with Crippen molar-refractivity contribution >= 4 is 11.9 Å². The van der Waals surface area contributed by atoms with Crippen molar-refractivity contribution < 1.29 is 4.79 Å². The average Bonchev–Trinajstić information content (AvgIpc) is 3.35. The first kappa shape index (κ1) is 17.0. The highest BCUT2D eigenvalue weighted by Gasteiger charge is 2.34. The zero-order chi connectivity index (χ0) is 18.1. The highest BCUT2D eigenvalue weighted by molar-refractivity contribution is 5.78. The van der Waals surface area contributed by atoms with Crippen LogP contribution in [0.1, 0.15) is 56.7 Å². The Kier molecular flexibility index (Phi) is 4.61. The smallest absolute Gasteiger partial charge is 0.223 e. The second-order valence-corrected chi connectivity index (χ2v) is 7.53. The zero-order valence-corrected chi connectivity index (χ0v) is 15.3. The van der Waals surface area contributed by atoms with Crippen LogP contribution in [-0.2, 0) is 11.8 Å². The van der Waals surface area contributed by atoms with Crippen LogP contribution >= 0.6 is 0 Å². The lowest BCUT2D eigenvalue weighted by atomic mass is 10.00. The van der Waals surface area contributed by atoms with Gasteiger partial charge in [-0.05, 0) is 31.6 Å². The molecule has 1 atom stereocenters. The van der Waals surface area contributed by atoms with Crippen molar-refractivity contribution in [3.63, 3.8) is 0 Å². The molecule has 0 aromatic carbocycles. The van der Waals surface area contributed by atoms with E-state index in [1.807, 2.05) is 18.1 Å². The zero-order valence-electron chi connectivity index (χ0n) is 15.3. The van der Waals surface area contributed by atoms with Crippen molar-refractivity contribution in [2.24, 2.45) is 13.0 Å². The third kappa shape index (κ3) is 3.30. The minimum absolute atomic E-state index is 0.0237. The summed E-state index contributed by atoms with van der Waals surface area (Å²) in [5.41, 5.74) is 8.61. The number of carbonyl (C=O) groups excluding carboxylic acids is 1. The molecule has 2 aromatic heterocycles. The maximum Gasteiger partial charge on any atom is 0.223 e. The fourth-order valence-corrected chi connectivity index (χ4v) is 4.37. The summed E-state index contributed by atoms with van der Waals surface area (Å²) in [5.74, 6) is 1.06. The van der Waals surface area contributed by atoms with Gasteiger partial charge in [0.25, 0.3) is 0 Å². The number of nitrogens with two attached hydrogens (primary N) is 1. The van der Waals surface area contributed by atoms with Gasteiger partial charge in [-0.25, -0.2) is 9.97 Å². The number of hydrogen-bond acceptors (Lipinski definition) is 5. The largest absolute Gasteiger partial charge is 0.368 e. The van der Waals surface area contributed by atoms with E-state index in [0.717, 1.165) is 36.2 Å². The van der Waals surface area contributed by atoms with Gasteiger partial charge in [0.2, 0.25) is 11.9 Å². The van der Waals surface area contributed by atoms with E-state index in [0.29, 0.717) is 12.3 Å². The summed E-state index contributed by atoms with van der Waals surface area (Å²) >= 11 is 0. The van der Waals surface area contributed by atoms with E-state index in [1.54, 1.807) is 17.1 Å². The summed E-state index contributed by atoms with van der Waals surface area (Å²) in [5, 5.41) is 4.26. The molecular weight excluding hydrogens is 328 g/mol. The van der Waals surface area contributed by atoms with Gasteiger partial charge in [-0.3, -0.25) is 9.48 Å². The first-order chi connectivity index (χ1) is 12.6. The maximum absolute atomic E-state index is 13.0. The van der Waals surface area contributed by atoms with Gasteiger partial charge in [0.05, 0.1) is 17.9 Å². The fourth-order valence-electron chi connectivity index (χ4n) is 4.37. The number of amides is 1. The highest BCUT2D eigenvalue weighted by Crippen LogP contribution is 2.38. The molecule has 0 radical (unpaired) electrons. The topological polar surface area (TPSA) is 89.9 Å². The van der Waals surface area contributed by atoms with Crippen molar-refractivity contribution in [3.05, 3.63) is 24.3 Å². The van der Waals surface area contributed by atoms with E-state index in [4.69, 9.17) is 5.73 Å². The van der Waals surface area contributed by atoms with Gasteiger partial charge in [0.15, 0.2) is 0 Å². The molecule has 1 unspecified atom stereocenters. The van der Waals surface area contributed by atoms with Gasteiger partial charge in [-0.15, -0.1) is 0 Å². The van der Waals surface area contributed by atoms with Crippen molar-refractivity contribution in [1.82, 2.24) is 24.6 Å². The molecule has 1 saturated heterocycles. The number of rotatable bonds is 4. The first-order valence-corrected chi connectivity index (χ1v) is 9.52. The Bertz CT molecular complexity index is 795. The molecule has 2 aromatic rings. The molecule has 26 heavy (non-hydrogen) atoms. The van der Waals surface area contributed by atoms with Crippen LogP contribution in [0.4, 0.5) is 5.95 Å². The Morgan fingerprint density at radius 1 is 1.23 bits per heavy atom. The van der Waals surface area contributed by atoms with E-state index < -0.39 is 0 Å². The molecule has 0 bridgehead atoms. The number of carbonyl (C=O) groups is 1. The fraction of sp³-hybridized carbons (Fsp3) is 0.579. The van der Waals surface area contributed by atoms with Gasteiger partial charge in [0, 0.05) is 43.5 Å². The molecule has 3 heterocycles.